The average Bonchev–Trinajstić information content (AvgIpc) is 2.66. The van der Waals surface area contributed by atoms with Crippen LogP contribution >= 0.6 is 11.6 Å². The standard InChI is InChI=1S/C20H19ClN4O/c1-14-24-18(20(26)23-13-15-5-3-2-4-6-15)11-19(25-14)22-12-16-7-9-17(21)10-8-16/h2-11H,12-13H2,1H3,(H,23,26)(H,22,24,25). The average molecular weight is 367 g/mol. The van der Waals surface area contributed by atoms with Crippen molar-refractivity contribution in [1.82, 2.24) is 15.3 Å². The van der Waals surface area contributed by atoms with Crippen LogP contribution in [0, 0.1) is 6.92 Å². The van der Waals surface area contributed by atoms with Crippen molar-refractivity contribution in [1.29, 1.82) is 0 Å². The summed E-state index contributed by atoms with van der Waals surface area (Å²) in [7, 11) is 0. The molecular weight excluding hydrogens is 348 g/mol. The van der Waals surface area contributed by atoms with Crippen molar-refractivity contribution in [2.75, 3.05) is 5.32 Å². The molecule has 3 rings (SSSR count). The molecule has 1 aromatic heterocycles. The van der Waals surface area contributed by atoms with Gasteiger partial charge in [-0.05, 0) is 30.2 Å². The first-order valence-corrected chi connectivity index (χ1v) is 8.64. The van der Waals surface area contributed by atoms with Crippen molar-refractivity contribution < 1.29 is 4.79 Å². The lowest BCUT2D eigenvalue weighted by atomic mass is 10.2. The van der Waals surface area contributed by atoms with Gasteiger partial charge in [0.05, 0.1) is 0 Å². The maximum atomic E-state index is 12.4. The summed E-state index contributed by atoms with van der Waals surface area (Å²) in [4.78, 5) is 21.0. The molecular formula is C20H19ClN4O. The minimum absolute atomic E-state index is 0.228. The van der Waals surface area contributed by atoms with Gasteiger partial charge in [-0.3, -0.25) is 4.79 Å². The fraction of sp³-hybridized carbons (Fsp3) is 0.150. The second-order valence-corrected chi connectivity index (χ2v) is 6.27. The van der Waals surface area contributed by atoms with Gasteiger partial charge in [0.25, 0.3) is 5.91 Å². The van der Waals surface area contributed by atoms with E-state index in [1.165, 1.54) is 0 Å². The molecule has 3 aromatic rings. The first kappa shape index (κ1) is 17.9. The fourth-order valence-electron chi connectivity index (χ4n) is 2.44. The molecule has 1 amide bonds. The Hall–Kier alpha value is -2.92. The lowest BCUT2D eigenvalue weighted by molar-refractivity contribution is 0.0945. The van der Waals surface area contributed by atoms with E-state index in [-0.39, 0.29) is 5.91 Å². The second-order valence-electron chi connectivity index (χ2n) is 5.83. The van der Waals surface area contributed by atoms with Crippen LogP contribution in [-0.4, -0.2) is 15.9 Å². The maximum absolute atomic E-state index is 12.4. The smallest absolute Gasteiger partial charge is 0.270 e. The molecule has 0 unspecified atom stereocenters. The van der Waals surface area contributed by atoms with Crippen molar-refractivity contribution >= 4 is 23.3 Å². The Balaban J connectivity index is 1.64. The molecule has 132 valence electrons. The van der Waals surface area contributed by atoms with Gasteiger partial charge < -0.3 is 10.6 Å². The number of hydrogen-bond donors (Lipinski definition) is 2. The van der Waals surface area contributed by atoms with Gasteiger partial charge in [0.15, 0.2) is 0 Å². The lowest BCUT2D eigenvalue weighted by Gasteiger charge is -2.09. The van der Waals surface area contributed by atoms with E-state index in [9.17, 15) is 4.79 Å². The van der Waals surface area contributed by atoms with Crippen LogP contribution in [0.5, 0.6) is 0 Å². The Kier molecular flexibility index (Phi) is 5.81. The molecule has 0 spiro atoms. The first-order chi connectivity index (χ1) is 12.6. The van der Waals surface area contributed by atoms with E-state index in [0.29, 0.717) is 35.4 Å². The SMILES string of the molecule is Cc1nc(NCc2ccc(Cl)cc2)cc(C(=O)NCc2ccccc2)n1. The minimum Gasteiger partial charge on any atom is -0.366 e. The number of aromatic nitrogens is 2. The van der Waals surface area contributed by atoms with Gasteiger partial charge in [0.1, 0.15) is 17.3 Å². The number of rotatable bonds is 6. The Bertz CT molecular complexity index is 882. The summed E-state index contributed by atoms with van der Waals surface area (Å²) >= 11 is 5.89. The van der Waals surface area contributed by atoms with E-state index in [1.54, 1.807) is 13.0 Å². The van der Waals surface area contributed by atoms with Crippen molar-refractivity contribution in [3.63, 3.8) is 0 Å². The molecule has 0 aliphatic carbocycles. The van der Waals surface area contributed by atoms with Crippen molar-refractivity contribution in [3.8, 4) is 0 Å². The zero-order valence-electron chi connectivity index (χ0n) is 14.4. The topological polar surface area (TPSA) is 66.9 Å². The maximum Gasteiger partial charge on any atom is 0.270 e. The van der Waals surface area contributed by atoms with Crippen molar-refractivity contribution in [2.45, 2.75) is 20.0 Å². The Morgan fingerprint density at radius 3 is 2.38 bits per heavy atom. The highest BCUT2D eigenvalue weighted by atomic mass is 35.5. The van der Waals surface area contributed by atoms with E-state index < -0.39 is 0 Å². The predicted octanol–water partition coefficient (Wildman–Crippen LogP) is 3.98. The van der Waals surface area contributed by atoms with Crippen LogP contribution in [0.25, 0.3) is 0 Å². The van der Waals surface area contributed by atoms with Gasteiger partial charge in [-0.15, -0.1) is 0 Å². The van der Waals surface area contributed by atoms with Crippen LogP contribution in [0.4, 0.5) is 5.82 Å². The number of carbonyl (C=O) groups is 1. The van der Waals surface area contributed by atoms with E-state index in [0.717, 1.165) is 11.1 Å². The molecule has 2 N–H and O–H groups in total. The van der Waals surface area contributed by atoms with Crippen LogP contribution < -0.4 is 10.6 Å². The summed E-state index contributed by atoms with van der Waals surface area (Å²) < 4.78 is 0. The van der Waals surface area contributed by atoms with Crippen LogP contribution in [0.1, 0.15) is 27.4 Å². The number of carbonyl (C=O) groups excluding carboxylic acids is 1. The number of hydrogen-bond acceptors (Lipinski definition) is 4. The summed E-state index contributed by atoms with van der Waals surface area (Å²) in [6, 6.07) is 19.0. The number of anilines is 1. The number of nitrogens with zero attached hydrogens (tertiary/aromatic N) is 2. The molecule has 0 radical (unpaired) electrons. The third kappa shape index (κ3) is 5.04. The first-order valence-electron chi connectivity index (χ1n) is 8.26. The van der Waals surface area contributed by atoms with Crippen LogP contribution in [0.2, 0.25) is 5.02 Å². The van der Waals surface area contributed by atoms with Gasteiger partial charge in [0.2, 0.25) is 0 Å². The molecule has 0 saturated heterocycles. The molecule has 6 heteroatoms. The monoisotopic (exact) mass is 366 g/mol. The van der Waals surface area contributed by atoms with Gasteiger partial charge in [-0.2, -0.15) is 0 Å². The number of nitrogens with one attached hydrogen (secondary N) is 2. The van der Waals surface area contributed by atoms with Gasteiger partial charge in [-0.1, -0.05) is 54.1 Å². The van der Waals surface area contributed by atoms with E-state index in [4.69, 9.17) is 11.6 Å². The highest BCUT2D eigenvalue weighted by Crippen LogP contribution is 2.12. The summed E-state index contributed by atoms with van der Waals surface area (Å²) in [6.45, 7) is 2.80. The van der Waals surface area contributed by atoms with Crippen LogP contribution in [-0.2, 0) is 13.1 Å². The largest absolute Gasteiger partial charge is 0.366 e. The Morgan fingerprint density at radius 2 is 1.65 bits per heavy atom. The number of benzene rings is 2. The molecule has 0 atom stereocenters. The second kappa shape index (κ2) is 8.45. The minimum atomic E-state index is -0.228. The third-order valence-corrected chi connectivity index (χ3v) is 4.01. The quantitative estimate of drug-likeness (QED) is 0.692. The van der Waals surface area contributed by atoms with Crippen molar-refractivity contribution in [3.05, 3.63) is 88.3 Å². The summed E-state index contributed by atoms with van der Waals surface area (Å²) in [5, 5.41) is 6.79. The molecule has 0 fully saturated rings. The predicted molar refractivity (Wildman–Crippen MR) is 103 cm³/mol. The zero-order valence-corrected chi connectivity index (χ0v) is 15.1. The Labute approximate surface area is 157 Å². The molecule has 0 bridgehead atoms. The molecule has 26 heavy (non-hydrogen) atoms. The zero-order chi connectivity index (χ0) is 18.4. The number of halogens is 1. The molecule has 1 heterocycles. The highest BCUT2D eigenvalue weighted by molar-refractivity contribution is 6.30. The summed E-state index contributed by atoms with van der Waals surface area (Å²) in [5.74, 6) is 0.919. The van der Waals surface area contributed by atoms with E-state index >= 15 is 0 Å². The summed E-state index contributed by atoms with van der Waals surface area (Å²) in [6.07, 6.45) is 0. The van der Waals surface area contributed by atoms with Crippen LogP contribution in [0.3, 0.4) is 0 Å². The Morgan fingerprint density at radius 1 is 0.962 bits per heavy atom. The van der Waals surface area contributed by atoms with Gasteiger partial charge >= 0.3 is 0 Å². The molecule has 0 aliphatic heterocycles. The van der Waals surface area contributed by atoms with E-state index in [2.05, 4.69) is 20.6 Å². The summed E-state index contributed by atoms with van der Waals surface area (Å²) in [5.41, 5.74) is 2.44. The normalized spacial score (nSPS) is 10.4. The van der Waals surface area contributed by atoms with Gasteiger partial charge in [0, 0.05) is 24.2 Å². The van der Waals surface area contributed by atoms with Gasteiger partial charge in [-0.25, -0.2) is 9.97 Å². The molecule has 0 aliphatic rings. The molecule has 5 nitrogen and oxygen atoms in total. The van der Waals surface area contributed by atoms with E-state index in [1.807, 2.05) is 54.6 Å². The number of amides is 1. The highest BCUT2D eigenvalue weighted by Gasteiger charge is 2.10. The molecule has 0 saturated carbocycles. The lowest BCUT2D eigenvalue weighted by Crippen LogP contribution is -2.24. The third-order valence-electron chi connectivity index (χ3n) is 3.75. The van der Waals surface area contributed by atoms with Crippen molar-refractivity contribution in [2.24, 2.45) is 0 Å². The fourth-order valence-corrected chi connectivity index (χ4v) is 2.56. The number of aryl methyl sites for hydroxylation is 1. The van der Waals surface area contributed by atoms with Crippen LogP contribution in [0.15, 0.2) is 60.7 Å². The molecule has 2 aromatic carbocycles.